The van der Waals surface area contributed by atoms with Crippen LogP contribution in [0.25, 0.3) is 10.2 Å². The fourth-order valence-electron chi connectivity index (χ4n) is 2.16. The summed E-state index contributed by atoms with van der Waals surface area (Å²) in [5, 5.41) is 5.35. The van der Waals surface area contributed by atoms with E-state index in [0.717, 1.165) is 27.1 Å². The molecule has 6 heteroatoms. The van der Waals surface area contributed by atoms with Crippen LogP contribution in [-0.2, 0) is 0 Å². The summed E-state index contributed by atoms with van der Waals surface area (Å²) in [6.07, 6.45) is 1.53. The van der Waals surface area contributed by atoms with Crippen molar-refractivity contribution >= 4 is 33.1 Å². The second-order valence-electron chi connectivity index (χ2n) is 5.00. The first kappa shape index (κ1) is 14.6. The van der Waals surface area contributed by atoms with Crippen LogP contribution in [0, 0.1) is 19.7 Å². The Morgan fingerprint density at radius 1 is 1.18 bits per heavy atom. The van der Waals surface area contributed by atoms with Gasteiger partial charge in [-0.25, -0.2) is 14.4 Å². The van der Waals surface area contributed by atoms with Gasteiger partial charge in [-0.3, -0.25) is 5.43 Å². The number of hydrazone groups is 1. The molecule has 1 N–H and O–H groups in total. The van der Waals surface area contributed by atoms with Crippen molar-refractivity contribution in [2.24, 2.45) is 5.10 Å². The zero-order valence-electron chi connectivity index (χ0n) is 12.5. The van der Waals surface area contributed by atoms with E-state index in [1.807, 2.05) is 6.92 Å². The van der Waals surface area contributed by atoms with Crippen molar-refractivity contribution < 1.29 is 4.39 Å². The van der Waals surface area contributed by atoms with Crippen LogP contribution >= 0.6 is 11.3 Å². The summed E-state index contributed by atoms with van der Waals surface area (Å²) >= 11 is 1.64. The minimum atomic E-state index is -0.258. The molecule has 0 aliphatic rings. The maximum absolute atomic E-state index is 13.0. The van der Waals surface area contributed by atoms with E-state index in [4.69, 9.17) is 0 Å². The fourth-order valence-corrected chi connectivity index (χ4v) is 3.16. The molecule has 0 saturated heterocycles. The van der Waals surface area contributed by atoms with E-state index in [9.17, 15) is 4.39 Å². The molecule has 0 fully saturated rings. The van der Waals surface area contributed by atoms with Gasteiger partial charge in [0.15, 0.2) is 5.82 Å². The molecule has 1 aromatic carbocycles. The van der Waals surface area contributed by atoms with Crippen molar-refractivity contribution in [2.45, 2.75) is 20.8 Å². The number of anilines is 1. The molecule has 0 unspecified atom stereocenters. The van der Waals surface area contributed by atoms with E-state index >= 15 is 0 Å². The monoisotopic (exact) mass is 314 g/mol. The number of fused-ring (bicyclic) bond motifs is 1. The van der Waals surface area contributed by atoms with Gasteiger partial charge in [0.1, 0.15) is 17.0 Å². The van der Waals surface area contributed by atoms with Crippen LogP contribution in [0.5, 0.6) is 0 Å². The van der Waals surface area contributed by atoms with Gasteiger partial charge in [0, 0.05) is 4.88 Å². The van der Waals surface area contributed by atoms with E-state index in [0.29, 0.717) is 5.82 Å². The number of hydrogen-bond donors (Lipinski definition) is 1. The second kappa shape index (κ2) is 5.81. The Balaban J connectivity index is 1.93. The van der Waals surface area contributed by atoms with E-state index < -0.39 is 0 Å². The van der Waals surface area contributed by atoms with Gasteiger partial charge >= 0.3 is 0 Å². The predicted octanol–water partition coefficient (Wildman–Crippen LogP) is 4.28. The second-order valence-corrected chi connectivity index (χ2v) is 6.20. The van der Waals surface area contributed by atoms with E-state index in [2.05, 4.69) is 34.3 Å². The summed E-state index contributed by atoms with van der Waals surface area (Å²) < 4.78 is 13.0. The maximum Gasteiger partial charge on any atom is 0.158 e. The maximum atomic E-state index is 13.0. The normalized spacial score (nSPS) is 11.9. The summed E-state index contributed by atoms with van der Waals surface area (Å²) in [6, 6.07) is 6.24. The lowest BCUT2D eigenvalue weighted by atomic mass is 10.1. The Hall–Kier alpha value is -2.34. The summed E-state index contributed by atoms with van der Waals surface area (Å²) in [7, 11) is 0. The van der Waals surface area contributed by atoms with Gasteiger partial charge in [-0.05, 0) is 44.0 Å². The van der Waals surface area contributed by atoms with Gasteiger partial charge < -0.3 is 0 Å². The topological polar surface area (TPSA) is 50.2 Å². The molecule has 0 spiro atoms. The zero-order chi connectivity index (χ0) is 15.7. The number of halogens is 1. The van der Waals surface area contributed by atoms with Crippen LogP contribution in [0.15, 0.2) is 35.7 Å². The lowest BCUT2D eigenvalue weighted by molar-refractivity contribution is 0.628. The Morgan fingerprint density at radius 3 is 2.64 bits per heavy atom. The van der Waals surface area contributed by atoms with Crippen molar-refractivity contribution in [2.75, 3.05) is 5.43 Å². The number of nitrogens with zero attached hydrogens (tertiary/aromatic N) is 3. The molecule has 3 aromatic rings. The largest absolute Gasteiger partial charge is 0.260 e. The highest BCUT2D eigenvalue weighted by molar-refractivity contribution is 7.18. The fraction of sp³-hybridized carbons (Fsp3) is 0.188. The van der Waals surface area contributed by atoms with Crippen LogP contribution in [0.4, 0.5) is 10.2 Å². The molecule has 4 nitrogen and oxygen atoms in total. The minimum absolute atomic E-state index is 0.258. The Kier molecular flexibility index (Phi) is 3.85. The number of nitrogens with one attached hydrogen (secondary N) is 1. The van der Waals surface area contributed by atoms with Crippen LogP contribution in [0.1, 0.15) is 22.9 Å². The third kappa shape index (κ3) is 2.69. The summed E-state index contributed by atoms with van der Waals surface area (Å²) in [4.78, 5) is 10.7. The molecule has 2 heterocycles. The molecular formula is C16H15FN4S. The van der Waals surface area contributed by atoms with Gasteiger partial charge in [0.05, 0.1) is 11.1 Å². The van der Waals surface area contributed by atoms with Crippen LogP contribution < -0.4 is 5.43 Å². The smallest absolute Gasteiger partial charge is 0.158 e. The molecule has 112 valence electrons. The molecule has 3 rings (SSSR count). The third-order valence-electron chi connectivity index (χ3n) is 3.56. The summed E-state index contributed by atoms with van der Waals surface area (Å²) in [6.45, 7) is 5.99. The number of aryl methyl sites for hydroxylation is 2. The molecular weight excluding hydrogens is 299 g/mol. The van der Waals surface area contributed by atoms with E-state index in [1.54, 1.807) is 23.5 Å². The highest BCUT2D eigenvalue weighted by atomic mass is 32.1. The first-order chi connectivity index (χ1) is 10.6. The Bertz CT molecular complexity index is 852. The van der Waals surface area contributed by atoms with Crippen molar-refractivity contribution in [1.29, 1.82) is 0 Å². The molecule has 0 saturated carbocycles. The van der Waals surface area contributed by atoms with E-state index in [-0.39, 0.29) is 5.82 Å². The highest BCUT2D eigenvalue weighted by Crippen LogP contribution is 2.32. The molecule has 22 heavy (non-hydrogen) atoms. The number of benzene rings is 1. The zero-order valence-corrected chi connectivity index (χ0v) is 13.3. The van der Waals surface area contributed by atoms with Crippen LogP contribution in [0.2, 0.25) is 0 Å². The first-order valence-corrected chi connectivity index (χ1v) is 7.65. The third-order valence-corrected chi connectivity index (χ3v) is 4.67. The lowest BCUT2D eigenvalue weighted by Gasteiger charge is -2.05. The number of thiophene rings is 1. The van der Waals surface area contributed by atoms with Crippen LogP contribution in [0.3, 0.4) is 0 Å². The Morgan fingerprint density at radius 2 is 1.91 bits per heavy atom. The average molecular weight is 314 g/mol. The molecule has 0 atom stereocenters. The van der Waals surface area contributed by atoms with Crippen molar-refractivity contribution in [3.8, 4) is 0 Å². The molecule has 0 radical (unpaired) electrons. The number of hydrogen-bond acceptors (Lipinski definition) is 5. The first-order valence-electron chi connectivity index (χ1n) is 6.83. The molecule has 0 bridgehead atoms. The molecule has 0 aliphatic heterocycles. The molecule has 0 amide bonds. The SMILES string of the molecule is C/C(=N/Nc1ncnc2sc(C)c(C)c12)c1ccc(F)cc1. The van der Waals surface area contributed by atoms with Gasteiger partial charge in [-0.1, -0.05) is 12.1 Å². The predicted molar refractivity (Wildman–Crippen MR) is 89.1 cm³/mol. The van der Waals surface area contributed by atoms with Gasteiger partial charge in [0.2, 0.25) is 0 Å². The minimum Gasteiger partial charge on any atom is -0.260 e. The van der Waals surface area contributed by atoms with Gasteiger partial charge in [-0.15, -0.1) is 11.3 Å². The van der Waals surface area contributed by atoms with Crippen molar-refractivity contribution in [3.63, 3.8) is 0 Å². The summed E-state index contributed by atoms with van der Waals surface area (Å²) in [5.41, 5.74) is 5.79. The Labute approximate surface area is 131 Å². The molecule has 0 aliphatic carbocycles. The standard InChI is InChI=1S/C16H15FN4S/c1-9-11(3)22-16-14(9)15(18-8-19-16)21-20-10(2)12-4-6-13(17)7-5-12/h4-8H,1-3H3,(H,18,19,21)/b20-10-. The highest BCUT2D eigenvalue weighted by Gasteiger charge is 2.11. The van der Waals surface area contributed by atoms with Gasteiger partial charge in [0.25, 0.3) is 0 Å². The van der Waals surface area contributed by atoms with Crippen LogP contribution in [-0.4, -0.2) is 15.7 Å². The van der Waals surface area contributed by atoms with E-state index in [1.165, 1.54) is 23.3 Å². The van der Waals surface area contributed by atoms with Gasteiger partial charge in [-0.2, -0.15) is 5.10 Å². The number of rotatable bonds is 3. The van der Waals surface area contributed by atoms with Crippen molar-refractivity contribution in [3.05, 3.63) is 52.4 Å². The average Bonchev–Trinajstić information content (AvgIpc) is 2.81. The lowest BCUT2D eigenvalue weighted by Crippen LogP contribution is -2.01. The summed E-state index contributed by atoms with van der Waals surface area (Å²) in [5.74, 6) is 0.430. The molecule has 2 aromatic heterocycles. The van der Waals surface area contributed by atoms with Crippen molar-refractivity contribution in [1.82, 2.24) is 9.97 Å². The quantitative estimate of drug-likeness (QED) is 0.580. The number of aromatic nitrogens is 2.